The van der Waals surface area contributed by atoms with E-state index < -0.39 is 24.3 Å². The molecule has 7 rings (SSSR count). The zero-order valence-corrected chi connectivity index (χ0v) is 32.5. The zero-order valence-electron chi connectivity index (χ0n) is 32.5. The van der Waals surface area contributed by atoms with Gasteiger partial charge in [-0.15, -0.1) is 0 Å². The summed E-state index contributed by atoms with van der Waals surface area (Å²) in [5.41, 5.74) is 5.90. The Kier molecular flexibility index (Phi) is 10.7. The number of hydrogen-bond acceptors (Lipinski definition) is 9. The lowest BCUT2D eigenvalue weighted by molar-refractivity contribution is -0.136. The second-order valence-corrected chi connectivity index (χ2v) is 15.3. The fraction of sp³-hybridized carbons (Fsp3) is 0.439. The van der Waals surface area contributed by atoms with Crippen molar-refractivity contribution in [3.63, 3.8) is 0 Å². The van der Waals surface area contributed by atoms with Crippen LogP contribution in [0.25, 0.3) is 33.6 Å². The third-order valence-electron chi connectivity index (χ3n) is 11.1. The van der Waals surface area contributed by atoms with Crippen LogP contribution in [-0.2, 0) is 19.1 Å². The second-order valence-electron chi connectivity index (χ2n) is 15.3. The van der Waals surface area contributed by atoms with Crippen molar-refractivity contribution in [2.75, 3.05) is 27.3 Å². The number of nitrogens with one attached hydrogen (secondary N) is 4. The summed E-state index contributed by atoms with van der Waals surface area (Å²) in [5, 5.41) is 5.36. The van der Waals surface area contributed by atoms with E-state index in [0.717, 1.165) is 59.3 Å². The van der Waals surface area contributed by atoms with Gasteiger partial charge in [0.05, 0.1) is 50.1 Å². The van der Waals surface area contributed by atoms with Crippen molar-refractivity contribution in [1.82, 2.24) is 40.4 Å². The van der Waals surface area contributed by atoms with Gasteiger partial charge in [0.1, 0.15) is 23.7 Å². The van der Waals surface area contributed by atoms with Crippen molar-refractivity contribution in [3.05, 3.63) is 71.6 Å². The van der Waals surface area contributed by atoms with E-state index in [1.165, 1.54) is 14.2 Å². The summed E-state index contributed by atoms with van der Waals surface area (Å²) in [7, 11) is 2.54. The highest BCUT2D eigenvalue weighted by Crippen LogP contribution is 2.41. The summed E-state index contributed by atoms with van der Waals surface area (Å²) in [4.78, 5) is 84.8. The Morgan fingerprint density at radius 2 is 1.09 bits per heavy atom. The smallest absolute Gasteiger partial charge is 0.407 e. The summed E-state index contributed by atoms with van der Waals surface area (Å²) in [6.07, 6.45) is 5.20. The molecule has 294 valence electrons. The predicted octanol–water partition coefficient (Wildman–Crippen LogP) is 5.77. The van der Waals surface area contributed by atoms with E-state index in [0.29, 0.717) is 35.9 Å². The Morgan fingerprint density at radius 3 is 1.46 bits per heavy atom. The third kappa shape index (κ3) is 7.13. The Balaban J connectivity index is 1.07. The topological polar surface area (TPSA) is 192 Å². The molecule has 4 aromatic rings. The first-order valence-electron chi connectivity index (χ1n) is 19.1. The van der Waals surface area contributed by atoms with Crippen molar-refractivity contribution in [2.45, 2.75) is 77.5 Å². The van der Waals surface area contributed by atoms with Crippen molar-refractivity contribution < 1.29 is 33.4 Å². The van der Waals surface area contributed by atoms with Gasteiger partial charge in [-0.05, 0) is 60.8 Å². The number of amides is 4. The van der Waals surface area contributed by atoms with Crippen LogP contribution in [-0.4, -0.2) is 98.9 Å². The average Bonchev–Trinajstić information content (AvgIpc) is 4.05. The minimum atomic E-state index is -0.730. The molecular weight excluding hydrogens is 716 g/mol. The van der Waals surface area contributed by atoms with Crippen LogP contribution in [0.3, 0.4) is 0 Å². The number of fused-ring (bicyclic) bond motifs is 3. The maximum absolute atomic E-state index is 13.9. The van der Waals surface area contributed by atoms with E-state index in [1.54, 1.807) is 22.2 Å². The maximum Gasteiger partial charge on any atom is 0.407 e. The molecule has 0 bridgehead atoms. The van der Waals surface area contributed by atoms with Gasteiger partial charge in [0.25, 0.3) is 0 Å². The molecule has 0 unspecified atom stereocenters. The van der Waals surface area contributed by atoms with Crippen LogP contribution in [0.15, 0.2) is 48.8 Å². The number of benzene rings is 2. The van der Waals surface area contributed by atoms with Gasteiger partial charge in [0.15, 0.2) is 5.78 Å². The number of rotatable bonds is 10. The lowest BCUT2D eigenvalue weighted by atomic mass is 10.0. The zero-order chi connectivity index (χ0) is 39.8. The molecule has 2 aromatic carbocycles. The van der Waals surface area contributed by atoms with E-state index >= 15 is 0 Å². The fourth-order valence-corrected chi connectivity index (χ4v) is 8.11. The molecule has 15 heteroatoms. The summed E-state index contributed by atoms with van der Waals surface area (Å²) in [5.74, 6) is 0.557. The molecule has 2 saturated heterocycles. The first-order valence-corrected chi connectivity index (χ1v) is 19.1. The number of H-pyrrole nitrogens is 2. The third-order valence-corrected chi connectivity index (χ3v) is 11.1. The van der Waals surface area contributed by atoms with Crippen molar-refractivity contribution in [3.8, 4) is 33.6 Å². The van der Waals surface area contributed by atoms with Crippen LogP contribution in [0, 0.1) is 11.8 Å². The quantitative estimate of drug-likeness (QED) is 0.137. The summed E-state index contributed by atoms with van der Waals surface area (Å²) < 4.78 is 9.51. The van der Waals surface area contributed by atoms with Crippen LogP contribution >= 0.6 is 0 Å². The largest absolute Gasteiger partial charge is 0.453 e. The minimum Gasteiger partial charge on any atom is -0.453 e. The molecule has 0 spiro atoms. The van der Waals surface area contributed by atoms with Crippen molar-refractivity contribution in [1.29, 1.82) is 0 Å². The molecule has 56 heavy (non-hydrogen) atoms. The Morgan fingerprint density at radius 1 is 0.679 bits per heavy atom. The number of likely N-dealkylation sites (tertiary alicyclic amines) is 2. The average molecular weight is 765 g/mol. The van der Waals surface area contributed by atoms with Gasteiger partial charge in [0.2, 0.25) is 11.8 Å². The van der Waals surface area contributed by atoms with E-state index in [9.17, 15) is 24.0 Å². The lowest BCUT2D eigenvalue weighted by Crippen LogP contribution is -2.51. The number of alkyl carbamates (subject to hydrolysis) is 2. The molecule has 2 aliphatic heterocycles. The van der Waals surface area contributed by atoms with Crippen LogP contribution in [0.1, 0.15) is 93.0 Å². The number of ether oxygens (including phenoxy) is 2. The molecule has 4 amide bonds. The first kappa shape index (κ1) is 38.3. The SMILES string of the molecule is COC(=O)N[C@H](C(=O)N1CCC[C@H]1c1ncc(-c2ccc3c(c2)C(=O)c2cc(-c4cnc([C@@H]5CCCN5C(=O)[C@@H](NC(=O)OC)C(C)C)[nH]4)ccc2-3)[nH]1)C(C)C. The van der Waals surface area contributed by atoms with E-state index in [4.69, 9.17) is 9.47 Å². The number of aromatic amines is 2. The number of carbonyl (C=O) groups is 5. The molecule has 4 heterocycles. The molecule has 0 saturated carbocycles. The summed E-state index contributed by atoms with van der Waals surface area (Å²) in [6, 6.07) is 9.54. The number of nitrogens with zero attached hydrogens (tertiary/aromatic N) is 4. The van der Waals surface area contributed by atoms with E-state index in [-0.39, 0.29) is 41.5 Å². The summed E-state index contributed by atoms with van der Waals surface area (Å²) in [6.45, 7) is 8.61. The van der Waals surface area contributed by atoms with Crippen molar-refractivity contribution >= 4 is 29.8 Å². The standard InChI is InChI=1S/C41H48N8O7/c1-21(2)33(46-40(53)55-5)38(51)48-15-7-9-31(48)36-42-19-29(44-36)23-11-13-25-26-14-12-24(18-28(26)35(50)27(25)17-23)30-20-43-37(45-30)32-10-8-16-49(32)39(52)34(22(3)4)47-41(54)56-6/h11-14,17-22,31-34H,7-10,15-16H2,1-6H3,(H,42,44)(H,43,45)(H,46,53)(H,47,54)/t31-,32-,33-,34-/m0/s1. The van der Waals surface area contributed by atoms with Crippen LogP contribution in [0.4, 0.5) is 9.59 Å². The van der Waals surface area contributed by atoms with Gasteiger partial charge in [-0.3, -0.25) is 14.4 Å². The van der Waals surface area contributed by atoms with Crippen LogP contribution in [0.2, 0.25) is 0 Å². The van der Waals surface area contributed by atoms with Gasteiger partial charge < -0.3 is 39.9 Å². The van der Waals surface area contributed by atoms with Gasteiger partial charge in [0, 0.05) is 35.3 Å². The number of carbonyl (C=O) groups excluding carboxylic acids is 5. The molecule has 3 aliphatic rings. The molecule has 1 aliphatic carbocycles. The Labute approximate surface area is 324 Å². The molecule has 4 atom stereocenters. The minimum absolute atomic E-state index is 0.0889. The molecule has 2 aromatic heterocycles. The number of methoxy groups -OCH3 is 2. The van der Waals surface area contributed by atoms with Gasteiger partial charge in [-0.1, -0.05) is 52.0 Å². The highest BCUT2D eigenvalue weighted by atomic mass is 16.5. The van der Waals surface area contributed by atoms with Gasteiger partial charge in [-0.25, -0.2) is 19.6 Å². The molecule has 0 radical (unpaired) electrons. The fourth-order valence-electron chi connectivity index (χ4n) is 8.11. The number of aromatic nitrogens is 4. The highest BCUT2D eigenvalue weighted by Gasteiger charge is 2.39. The normalized spacial score (nSPS) is 18.5. The molecule has 4 N–H and O–H groups in total. The Bertz CT molecular complexity index is 2020. The Hall–Kier alpha value is -5.99. The maximum atomic E-state index is 13.9. The van der Waals surface area contributed by atoms with E-state index in [2.05, 4.69) is 30.6 Å². The van der Waals surface area contributed by atoms with Crippen molar-refractivity contribution in [2.24, 2.45) is 11.8 Å². The molecule has 15 nitrogen and oxygen atoms in total. The second kappa shape index (κ2) is 15.6. The van der Waals surface area contributed by atoms with E-state index in [1.807, 2.05) is 64.1 Å². The van der Waals surface area contributed by atoms with Gasteiger partial charge >= 0.3 is 12.2 Å². The molecule has 2 fully saturated rings. The summed E-state index contributed by atoms with van der Waals surface area (Å²) >= 11 is 0. The first-order chi connectivity index (χ1) is 26.9. The number of imidazole rings is 2. The lowest BCUT2D eigenvalue weighted by Gasteiger charge is -2.30. The van der Waals surface area contributed by atoms with Crippen LogP contribution < -0.4 is 10.6 Å². The predicted molar refractivity (Wildman–Crippen MR) is 206 cm³/mol. The monoisotopic (exact) mass is 764 g/mol. The van der Waals surface area contributed by atoms with Crippen LogP contribution in [0.5, 0.6) is 0 Å². The molecular formula is C41H48N8O7. The number of ketones is 1. The highest BCUT2D eigenvalue weighted by molar-refractivity contribution is 6.22. The van der Waals surface area contributed by atoms with Gasteiger partial charge in [-0.2, -0.15) is 0 Å². The number of hydrogen-bond donors (Lipinski definition) is 4.